The van der Waals surface area contributed by atoms with Crippen LogP contribution in [0.2, 0.25) is 0 Å². The van der Waals surface area contributed by atoms with E-state index in [1.165, 1.54) is 18.2 Å². The van der Waals surface area contributed by atoms with Crippen LogP contribution in [-0.4, -0.2) is 17.5 Å². The molecule has 0 bridgehead atoms. The monoisotopic (exact) mass is 288 g/mol. The molecular formula is C16H17FN2O2. The molecule has 0 spiro atoms. The number of aromatic nitrogens is 1. The molecule has 1 aromatic carbocycles. The lowest BCUT2D eigenvalue weighted by Crippen LogP contribution is -2.13. The summed E-state index contributed by atoms with van der Waals surface area (Å²) in [6.07, 6.45) is 4.35. The first-order valence-electron chi connectivity index (χ1n) is 6.80. The fourth-order valence-electron chi connectivity index (χ4n) is 1.89. The normalized spacial score (nSPS) is 10.2. The van der Waals surface area contributed by atoms with Gasteiger partial charge in [-0.05, 0) is 37.1 Å². The molecule has 110 valence electrons. The Hall–Kier alpha value is -2.43. The van der Waals surface area contributed by atoms with E-state index >= 15 is 0 Å². The quantitative estimate of drug-likeness (QED) is 0.888. The summed E-state index contributed by atoms with van der Waals surface area (Å²) in [5.41, 5.74) is 1.48. The van der Waals surface area contributed by atoms with Gasteiger partial charge >= 0.3 is 0 Å². The SMILES string of the molecule is CCOc1cc(F)ccc1NC(=O)CCc1cccnc1. The highest BCUT2D eigenvalue weighted by atomic mass is 19.1. The zero-order valence-corrected chi connectivity index (χ0v) is 11.8. The van der Waals surface area contributed by atoms with E-state index in [1.54, 1.807) is 19.3 Å². The van der Waals surface area contributed by atoms with Crippen molar-refractivity contribution >= 4 is 11.6 Å². The topological polar surface area (TPSA) is 51.2 Å². The standard InChI is InChI=1S/C16H17FN2O2/c1-2-21-15-10-13(17)6-7-14(15)19-16(20)8-5-12-4-3-9-18-11-12/h3-4,6-7,9-11H,2,5,8H2,1H3,(H,19,20). The molecule has 0 saturated heterocycles. The molecule has 21 heavy (non-hydrogen) atoms. The number of rotatable bonds is 6. The highest BCUT2D eigenvalue weighted by Gasteiger charge is 2.09. The Labute approximate surface area is 123 Å². The number of hydrogen-bond acceptors (Lipinski definition) is 3. The molecule has 0 atom stereocenters. The third-order valence-electron chi connectivity index (χ3n) is 2.88. The Morgan fingerprint density at radius 3 is 2.95 bits per heavy atom. The van der Waals surface area contributed by atoms with Crippen molar-refractivity contribution < 1.29 is 13.9 Å². The minimum atomic E-state index is -0.396. The average molecular weight is 288 g/mol. The zero-order valence-electron chi connectivity index (χ0n) is 11.8. The van der Waals surface area contributed by atoms with E-state index in [4.69, 9.17) is 4.74 Å². The van der Waals surface area contributed by atoms with Crippen LogP contribution in [0.15, 0.2) is 42.7 Å². The number of ether oxygens (including phenoxy) is 1. The summed E-state index contributed by atoms with van der Waals surface area (Å²) >= 11 is 0. The number of nitrogens with one attached hydrogen (secondary N) is 1. The minimum absolute atomic E-state index is 0.147. The molecule has 0 radical (unpaired) electrons. The van der Waals surface area contributed by atoms with Crippen LogP contribution in [-0.2, 0) is 11.2 Å². The number of pyridine rings is 1. The largest absolute Gasteiger partial charge is 0.492 e. The first-order valence-corrected chi connectivity index (χ1v) is 6.80. The molecule has 0 aliphatic carbocycles. The van der Waals surface area contributed by atoms with Crippen molar-refractivity contribution in [2.24, 2.45) is 0 Å². The predicted octanol–water partition coefficient (Wildman–Crippen LogP) is 3.19. The van der Waals surface area contributed by atoms with Crippen LogP contribution in [0.5, 0.6) is 5.75 Å². The van der Waals surface area contributed by atoms with Gasteiger partial charge in [0.25, 0.3) is 0 Å². The highest BCUT2D eigenvalue weighted by Crippen LogP contribution is 2.25. The number of aryl methyl sites for hydroxylation is 1. The summed E-state index contributed by atoms with van der Waals surface area (Å²) < 4.78 is 18.5. The summed E-state index contributed by atoms with van der Waals surface area (Å²) in [6.45, 7) is 2.21. The van der Waals surface area contributed by atoms with Gasteiger partial charge in [-0.1, -0.05) is 6.07 Å². The Morgan fingerprint density at radius 1 is 1.38 bits per heavy atom. The van der Waals surface area contributed by atoms with Crippen molar-refractivity contribution in [3.63, 3.8) is 0 Å². The molecule has 2 aromatic rings. The molecule has 0 fully saturated rings. The van der Waals surface area contributed by atoms with E-state index in [-0.39, 0.29) is 5.91 Å². The third-order valence-corrected chi connectivity index (χ3v) is 2.88. The molecule has 0 aliphatic rings. The summed E-state index contributed by atoms with van der Waals surface area (Å²) in [5, 5.41) is 2.74. The van der Waals surface area contributed by atoms with Crippen LogP contribution in [0.4, 0.5) is 10.1 Å². The van der Waals surface area contributed by atoms with Gasteiger partial charge in [0.15, 0.2) is 0 Å². The van der Waals surface area contributed by atoms with Gasteiger partial charge in [0.1, 0.15) is 11.6 Å². The summed E-state index contributed by atoms with van der Waals surface area (Å²) in [6, 6.07) is 7.81. The van der Waals surface area contributed by atoms with Crippen LogP contribution in [0.25, 0.3) is 0 Å². The van der Waals surface area contributed by atoms with Crippen LogP contribution in [0, 0.1) is 5.82 Å². The van der Waals surface area contributed by atoms with Crippen molar-refractivity contribution in [3.8, 4) is 5.75 Å². The van der Waals surface area contributed by atoms with E-state index < -0.39 is 5.82 Å². The van der Waals surface area contributed by atoms with E-state index in [0.29, 0.717) is 30.9 Å². The molecule has 0 unspecified atom stereocenters. The number of carbonyl (C=O) groups is 1. The Morgan fingerprint density at radius 2 is 2.24 bits per heavy atom. The Balaban J connectivity index is 1.96. The van der Waals surface area contributed by atoms with E-state index in [1.807, 2.05) is 12.1 Å². The van der Waals surface area contributed by atoms with E-state index in [0.717, 1.165) is 5.56 Å². The van der Waals surface area contributed by atoms with Crippen molar-refractivity contribution in [1.82, 2.24) is 4.98 Å². The van der Waals surface area contributed by atoms with Crippen molar-refractivity contribution in [2.45, 2.75) is 19.8 Å². The lowest BCUT2D eigenvalue weighted by atomic mass is 10.1. The number of benzene rings is 1. The van der Waals surface area contributed by atoms with Gasteiger partial charge in [0.05, 0.1) is 12.3 Å². The van der Waals surface area contributed by atoms with E-state index in [9.17, 15) is 9.18 Å². The number of amides is 1. The second-order valence-corrected chi connectivity index (χ2v) is 4.48. The maximum absolute atomic E-state index is 13.2. The number of hydrogen-bond donors (Lipinski definition) is 1. The molecule has 1 amide bonds. The molecule has 1 N–H and O–H groups in total. The van der Waals surface area contributed by atoms with Gasteiger partial charge < -0.3 is 10.1 Å². The second kappa shape index (κ2) is 7.38. The number of carbonyl (C=O) groups excluding carboxylic acids is 1. The lowest BCUT2D eigenvalue weighted by Gasteiger charge is -2.11. The lowest BCUT2D eigenvalue weighted by molar-refractivity contribution is -0.116. The van der Waals surface area contributed by atoms with Crippen molar-refractivity contribution in [3.05, 3.63) is 54.1 Å². The fourth-order valence-corrected chi connectivity index (χ4v) is 1.89. The van der Waals surface area contributed by atoms with Crippen LogP contribution in [0.3, 0.4) is 0 Å². The Bertz CT molecular complexity index is 602. The maximum atomic E-state index is 13.2. The predicted molar refractivity (Wildman–Crippen MR) is 78.8 cm³/mol. The van der Waals surface area contributed by atoms with Crippen LogP contribution < -0.4 is 10.1 Å². The van der Waals surface area contributed by atoms with Gasteiger partial charge in [-0.3, -0.25) is 9.78 Å². The fraction of sp³-hybridized carbons (Fsp3) is 0.250. The molecule has 1 heterocycles. The minimum Gasteiger partial charge on any atom is -0.492 e. The third kappa shape index (κ3) is 4.56. The molecule has 1 aromatic heterocycles. The average Bonchev–Trinajstić information content (AvgIpc) is 2.49. The number of halogens is 1. The van der Waals surface area contributed by atoms with Crippen molar-refractivity contribution in [1.29, 1.82) is 0 Å². The van der Waals surface area contributed by atoms with Gasteiger partial charge in [0, 0.05) is 24.9 Å². The zero-order chi connectivity index (χ0) is 15.1. The number of nitrogens with zero attached hydrogens (tertiary/aromatic N) is 1. The molecule has 0 aliphatic heterocycles. The molecule has 5 heteroatoms. The first kappa shape index (κ1) is 15.0. The van der Waals surface area contributed by atoms with Crippen LogP contribution in [0.1, 0.15) is 18.9 Å². The molecule has 0 saturated carbocycles. The molecular weight excluding hydrogens is 271 g/mol. The van der Waals surface area contributed by atoms with Gasteiger partial charge in [-0.25, -0.2) is 4.39 Å². The van der Waals surface area contributed by atoms with Crippen molar-refractivity contribution in [2.75, 3.05) is 11.9 Å². The van der Waals surface area contributed by atoms with Gasteiger partial charge in [-0.2, -0.15) is 0 Å². The highest BCUT2D eigenvalue weighted by molar-refractivity contribution is 5.92. The smallest absolute Gasteiger partial charge is 0.224 e. The first-order chi connectivity index (χ1) is 10.2. The maximum Gasteiger partial charge on any atom is 0.224 e. The Kier molecular flexibility index (Phi) is 5.26. The van der Waals surface area contributed by atoms with Gasteiger partial charge in [0.2, 0.25) is 5.91 Å². The molecule has 4 nitrogen and oxygen atoms in total. The van der Waals surface area contributed by atoms with Gasteiger partial charge in [-0.15, -0.1) is 0 Å². The summed E-state index contributed by atoms with van der Waals surface area (Å²) in [4.78, 5) is 15.9. The van der Waals surface area contributed by atoms with Crippen LogP contribution >= 0.6 is 0 Å². The summed E-state index contributed by atoms with van der Waals surface area (Å²) in [7, 11) is 0. The second-order valence-electron chi connectivity index (χ2n) is 4.48. The van der Waals surface area contributed by atoms with E-state index in [2.05, 4.69) is 10.3 Å². The molecule has 2 rings (SSSR count). The summed E-state index contributed by atoms with van der Waals surface area (Å²) in [5.74, 6) is -0.203. The number of anilines is 1.